The number of carbonyl (C=O) groups excluding carboxylic acids is 1. The highest BCUT2D eigenvalue weighted by molar-refractivity contribution is 5.87. The molecule has 5 heteroatoms. The molecule has 0 aliphatic heterocycles. The topological polar surface area (TPSA) is 66.4 Å². The van der Waals surface area contributed by atoms with Gasteiger partial charge >= 0.3 is 5.97 Å². The van der Waals surface area contributed by atoms with Gasteiger partial charge in [0.25, 0.3) is 0 Å². The maximum atomic E-state index is 13.9. The Morgan fingerprint density at radius 2 is 1.75 bits per heavy atom. The summed E-state index contributed by atoms with van der Waals surface area (Å²) in [4.78, 5) is 23.0. The van der Waals surface area contributed by atoms with Crippen molar-refractivity contribution in [3.63, 3.8) is 0 Å². The minimum atomic E-state index is -0.972. The summed E-state index contributed by atoms with van der Waals surface area (Å²) in [5, 5.41) is 11.8. The van der Waals surface area contributed by atoms with E-state index in [9.17, 15) is 14.0 Å². The molecule has 4 nitrogen and oxygen atoms in total. The van der Waals surface area contributed by atoms with Crippen LogP contribution in [0.4, 0.5) is 4.39 Å². The Labute approximate surface area is 139 Å². The van der Waals surface area contributed by atoms with Crippen molar-refractivity contribution in [2.45, 2.75) is 31.2 Å². The molecule has 0 bridgehead atoms. The van der Waals surface area contributed by atoms with Gasteiger partial charge in [0.15, 0.2) is 0 Å². The number of aromatic carboxylic acids is 1. The summed E-state index contributed by atoms with van der Waals surface area (Å²) in [6.45, 7) is 0. The van der Waals surface area contributed by atoms with Gasteiger partial charge in [0.2, 0.25) is 5.91 Å². The Bertz CT molecular complexity index is 766. The summed E-state index contributed by atoms with van der Waals surface area (Å²) in [6.07, 6.45) is 2.28. The maximum absolute atomic E-state index is 13.9. The van der Waals surface area contributed by atoms with E-state index in [2.05, 4.69) is 5.32 Å². The van der Waals surface area contributed by atoms with Crippen LogP contribution in [0.2, 0.25) is 0 Å². The minimum Gasteiger partial charge on any atom is -0.478 e. The van der Waals surface area contributed by atoms with Crippen molar-refractivity contribution in [1.29, 1.82) is 0 Å². The molecule has 1 amide bonds. The molecule has 0 saturated heterocycles. The monoisotopic (exact) mass is 327 g/mol. The van der Waals surface area contributed by atoms with Crippen LogP contribution in [0.25, 0.3) is 0 Å². The van der Waals surface area contributed by atoms with Crippen LogP contribution in [-0.2, 0) is 16.8 Å². The van der Waals surface area contributed by atoms with E-state index in [1.165, 1.54) is 18.2 Å². The molecule has 1 saturated carbocycles. The van der Waals surface area contributed by atoms with E-state index >= 15 is 0 Å². The fourth-order valence-corrected chi connectivity index (χ4v) is 2.84. The number of nitrogens with one attached hydrogen (secondary N) is 1. The van der Waals surface area contributed by atoms with Crippen LogP contribution in [0.15, 0.2) is 48.5 Å². The molecule has 0 aromatic heterocycles. The largest absolute Gasteiger partial charge is 0.478 e. The molecule has 1 aliphatic carbocycles. The van der Waals surface area contributed by atoms with Gasteiger partial charge in [-0.2, -0.15) is 0 Å². The van der Waals surface area contributed by atoms with E-state index in [-0.39, 0.29) is 23.7 Å². The average Bonchev–Trinajstić information content (AvgIpc) is 3.34. The summed E-state index contributed by atoms with van der Waals surface area (Å²) in [5.41, 5.74) is 1.10. The number of halogens is 1. The Morgan fingerprint density at radius 1 is 1.08 bits per heavy atom. The van der Waals surface area contributed by atoms with Gasteiger partial charge in [-0.3, -0.25) is 4.79 Å². The number of hydrogen-bond acceptors (Lipinski definition) is 2. The minimum absolute atomic E-state index is 0.127. The van der Waals surface area contributed by atoms with Gasteiger partial charge in [-0.15, -0.1) is 0 Å². The number of rotatable bonds is 6. The van der Waals surface area contributed by atoms with E-state index in [0.717, 1.165) is 18.4 Å². The zero-order valence-corrected chi connectivity index (χ0v) is 13.1. The second-order valence-corrected chi connectivity index (χ2v) is 6.11. The van der Waals surface area contributed by atoms with Crippen LogP contribution in [0.3, 0.4) is 0 Å². The van der Waals surface area contributed by atoms with Gasteiger partial charge < -0.3 is 10.4 Å². The van der Waals surface area contributed by atoms with E-state index in [1.807, 2.05) is 0 Å². The van der Waals surface area contributed by atoms with Crippen LogP contribution >= 0.6 is 0 Å². The van der Waals surface area contributed by atoms with Crippen molar-refractivity contribution in [1.82, 2.24) is 5.32 Å². The van der Waals surface area contributed by atoms with Gasteiger partial charge in [0, 0.05) is 12.0 Å². The average molecular weight is 327 g/mol. The van der Waals surface area contributed by atoms with Crippen LogP contribution in [0, 0.1) is 5.82 Å². The summed E-state index contributed by atoms with van der Waals surface area (Å²) in [5.74, 6) is -1.39. The summed E-state index contributed by atoms with van der Waals surface area (Å²) in [6, 6.07) is 13.0. The Kier molecular flexibility index (Phi) is 4.34. The van der Waals surface area contributed by atoms with Gasteiger partial charge in [-0.25, -0.2) is 9.18 Å². The van der Waals surface area contributed by atoms with Crippen LogP contribution < -0.4 is 5.32 Å². The third-order valence-corrected chi connectivity index (χ3v) is 4.36. The Morgan fingerprint density at radius 3 is 2.33 bits per heavy atom. The third kappa shape index (κ3) is 3.45. The van der Waals surface area contributed by atoms with E-state index in [1.54, 1.807) is 30.3 Å². The SMILES string of the molecule is O=C(CCc1ccc(C(=O)O)cc1)NC1(c2ccccc2F)CC1. The van der Waals surface area contributed by atoms with Crippen molar-refractivity contribution in [3.05, 3.63) is 71.0 Å². The lowest BCUT2D eigenvalue weighted by Gasteiger charge is -2.18. The highest BCUT2D eigenvalue weighted by Gasteiger charge is 2.47. The van der Waals surface area contributed by atoms with Crippen LogP contribution in [0.1, 0.15) is 40.7 Å². The standard InChI is InChI=1S/C19H18FNO3/c20-16-4-2-1-3-15(16)19(11-12-19)21-17(22)10-7-13-5-8-14(9-6-13)18(23)24/h1-6,8-9H,7,10-12H2,(H,21,22)(H,23,24). The summed E-state index contributed by atoms with van der Waals surface area (Å²) in [7, 11) is 0. The molecule has 2 aromatic carbocycles. The van der Waals surface area contributed by atoms with E-state index in [0.29, 0.717) is 12.0 Å². The number of hydrogen-bond donors (Lipinski definition) is 2. The lowest BCUT2D eigenvalue weighted by Crippen LogP contribution is -2.35. The third-order valence-electron chi connectivity index (χ3n) is 4.36. The van der Waals surface area contributed by atoms with Crippen LogP contribution in [0.5, 0.6) is 0 Å². The second kappa shape index (κ2) is 6.43. The predicted molar refractivity (Wildman–Crippen MR) is 87.2 cm³/mol. The summed E-state index contributed by atoms with van der Waals surface area (Å²) < 4.78 is 13.9. The normalized spacial score (nSPS) is 14.9. The van der Waals surface area contributed by atoms with Gasteiger partial charge in [-0.05, 0) is 43.0 Å². The highest BCUT2D eigenvalue weighted by atomic mass is 19.1. The van der Waals surface area contributed by atoms with Crippen molar-refractivity contribution in [2.24, 2.45) is 0 Å². The second-order valence-electron chi connectivity index (χ2n) is 6.11. The molecule has 0 unspecified atom stereocenters. The quantitative estimate of drug-likeness (QED) is 0.856. The number of aryl methyl sites for hydroxylation is 1. The highest BCUT2D eigenvalue weighted by Crippen LogP contribution is 2.46. The van der Waals surface area contributed by atoms with Gasteiger partial charge in [-0.1, -0.05) is 30.3 Å². The molecule has 124 valence electrons. The van der Waals surface area contributed by atoms with Crippen molar-refractivity contribution in [2.75, 3.05) is 0 Å². The summed E-state index contributed by atoms with van der Waals surface area (Å²) >= 11 is 0. The van der Waals surface area contributed by atoms with Crippen molar-refractivity contribution < 1.29 is 19.1 Å². The van der Waals surface area contributed by atoms with E-state index < -0.39 is 11.5 Å². The zero-order valence-electron chi connectivity index (χ0n) is 13.1. The first-order chi connectivity index (χ1) is 11.5. The molecule has 0 radical (unpaired) electrons. The first-order valence-corrected chi connectivity index (χ1v) is 7.88. The number of carbonyl (C=O) groups is 2. The molecule has 24 heavy (non-hydrogen) atoms. The van der Waals surface area contributed by atoms with Gasteiger partial charge in [0.1, 0.15) is 5.82 Å². The fraction of sp³-hybridized carbons (Fsp3) is 0.263. The fourth-order valence-electron chi connectivity index (χ4n) is 2.84. The van der Waals surface area contributed by atoms with E-state index in [4.69, 9.17) is 5.11 Å². The van der Waals surface area contributed by atoms with Crippen molar-refractivity contribution >= 4 is 11.9 Å². The molecule has 3 rings (SSSR count). The maximum Gasteiger partial charge on any atom is 0.335 e. The molecule has 2 N–H and O–H groups in total. The molecule has 0 atom stereocenters. The molecule has 0 spiro atoms. The first kappa shape index (κ1) is 16.2. The Hall–Kier alpha value is -2.69. The van der Waals surface area contributed by atoms with Crippen LogP contribution in [-0.4, -0.2) is 17.0 Å². The molecule has 2 aromatic rings. The smallest absolute Gasteiger partial charge is 0.335 e. The lowest BCUT2D eigenvalue weighted by atomic mass is 10.0. The number of carboxylic acids is 1. The van der Waals surface area contributed by atoms with Crippen molar-refractivity contribution in [3.8, 4) is 0 Å². The number of carboxylic acid groups (broad SMARTS) is 1. The molecule has 0 heterocycles. The molecular formula is C19H18FNO3. The predicted octanol–water partition coefficient (Wildman–Crippen LogP) is 3.26. The first-order valence-electron chi connectivity index (χ1n) is 7.88. The number of amides is 1. The number of benzene rings is 2. The molecule has 1 fully saturated rings. The zero-order chi connectivity index (χ0) is 17.2. The molecule has 1 aliphatic rings. The Balaban J connectivity index is 1.58. The lowest BCUT2D eigenvalue weighted by molar-refractivity contribution is -0.122. The molecular weight excluding hydrogens is 309 g/mol. The van der Waals surface area contributed by atoms with Gasteiger partial charge in [0.05, 0.1) is 11.1 Å².